The van der Waals surface area contributed by atoms with E-state index in [1.165, 1.54) is 0 Å². The number of halogens is 1. The first-order valence-corrected chi connectivity index (χ1v) is 5.98. The van der Waals surface area contributed by atoms with Gasteiger partial charge < -0.3 is 5.11 Å². The Kier molecular flexibility index (Phi) is 3.45. The standard InChI is InChI=1S/C10H9BrN2OS/c11-8-3-1-7(2-4-8)5-10(14)9-6-12-15-13-9/h1-4,6,10,14H,5H2. The van der Waals surface area contributed by atoms with Gasteiger partial charge in [0.15, 0.2) is 0 Å². The molecule has 0 aliphatic rings. The maximum absolute atomic E-state index is 9.82. The largest absolute Gasteiger partial charge is 0.386 e. The molecule has 2 rings (SSSR count). The van der Waals surface area contributed by atoms with Crippen LogP contribution < -0.4 is 0 Å². The molecule has 1 atom stereocenters. The van der Waals surface area contributed by atoms with E-state index in [1.54, 1.807) is 6.20 Å². The number of benzene rings is 1. The predicted molar refractivity (Wildman–Crippen MR) is 62.7 cm³/mol. The molecule has 1 N–H and O–H groups in total. The van der Waals surface area contributed by atoms with Crippen LogP contribution in [0.1, 0.15) is 17.4 Å². The highest BCUT2D eigenvalue weighted by Gasteiger charge is 2.10. The van der Waals surface area contributed by atoms with Gasteiger partial charge in [-0.2, -0.15) is 8.75 Å². The lowest BCUT2D eigenvalue weighted by molar-refractivity contribution is 0.174. The van der Waals surface area contributed by atoms with E-state index in [0.29, 0.717) is 12.1 Å². The van der Waals surface area contributed by atoms with Crippen molar-refractivity contribution in [2.24, 2.45) is 0 Å². The van der Waals surface area contributed by atoms with Crippen molar-refractivity contribution in [3.05, 3.63) is 46.2 Å². The SMILES string of the molecule is OC(Cc1ccc(Br)cc1)c1cnsn1. The molecule has 0 saturated heterocycles. The lowest BCUT2D eigenvalue weighted by atomic mass is 10.1. The van der Waals surface area contributed by atoms with Gasteiger partial charge in [0.05, 0.1) is 17.9 Å². The molecule has 0 bridgehead atoms. The Hall–Kier alpha value is -0.780. The van der Waals surface area contributed by atoms with Crippen LogP contribution >= 0.6 is 27.7 Å². The smallest absolute Gasteiger partial charge is 0.103 e. The minimum Gasteiger partial charge on any atom is -0.386 e. The van der Waals surface area contributed by atoms with Gasteiger partial charge in [-0.3, -0.25) is 0 Å². The molecule has 1 heterocycles. The van der Waals surface area contributed by atoms with E-state index < -0.39 is 6.10 Å². The first kappa shape index (κ1) is 10.7. The van der Waals surface area contributed by atoms with Gasteiger partial charge in [0.2, 0.25) is 0 Å². The van der Waals surface area contributed by atoms with Crippen molar-refractivity contribution in [3.63, 3.8) is 0 Å². The van der Waals surface area contributed by atoms with Gasteiger partial charge in [0.1, 0.15) is 11.8 Å². The maximum Gasteiger partial charge on any atom is 0.103 e. The van der Waals surface area contributed by atoms with Crippen LogP contribution in [0.4, 0.5) is 0 Å². The minimum atomic E-state index is -0.565. The van der Waals surface area contributed by atoms with Crippen LogP contribution in [0.25, 0.3) is 0 Å². The molecule has 0 saturated carbocycles. The molecule has 0 aliphatic carbocycles. The zero-order chi connectivity index (χ0) is 10.7. The zero-order valence-corrected chi connectivity index (χ0v) is 10.2. The Morgan fingerprint density at radius 2 is 2.07 bits per heavy atom. The van der Waals surface area contributed by atoms with Crippen LogP contribution in [0.2, 0.25) is 0 Å². The fourth-order valence-corrected chi connectivity index (χ4v) is 2.00. The summed E-state index contributed by atoms with van der Waals surface area (Å²) in [7, 11) is 0. The molecule has 1 unspecified atom stereocenters. The fourth-order valence-electron chi connectivity index (χ4n) is 1.27. The van der Waals surface area contributed by atoms with Crippen molar-refractivity contribution < 1.29 is 5.11 Å². The highest BCUT2D eigenvalue weighted by molar-refractivity contribution is 9.10. The third-order valence-corrected chi connectivity index (χ3v) is 3.08. The third-order valence-electron chi connectivity index (χ3n) is 2.06. The molecule has 3 nitrogen and oxygen atoms in total. The molecule has 2 aromatic rings. The summed E-state index contributed by atoms with van der Waals surface area (Å²) >= 11 is 4.48. The van der Waals surface area contributed by atoms with Crippen molar-refractivity contribution in [1.29, 1.82) is 0 Å². The van der Waals surface area contributed by atoms with Crippen LogP contribution in [0.15, 0.2) is 34.9 Å². The second-order valence-electron chi connectivity index (χ2n) is 3.18. The summed E-state index contributed by atoms with van der Waals surface area (Å²) in [5.41, 5.74) is 1.72. The number of aliphatic hydroxyl groups excluding tert-OH is 1. The van der Waals surface area contributed by atoms with Crippen molar-refractivity contribution in [2.75, 3.05) is 0 Å². The van der Waals surface area contributed by atoms with Gasteiger partial charge in [0, 0.05) is 10.9 Å². The molecular formula is C10H9BrN2OS. The normalized spacial score (nSPS) is 12.7. The van der Waals surface area contributed by atoms with Gasteiger partial charge in [-0.25, -0.2) is 0 Å². The monoisotopic (exact) mass is 284 g/mol. The van der Waals surface area contributed by atoms with Crippen molar-refractivity contribution in [1.82, 2.24) is 8.75 Å². The zero-order valence-electron chi connectivity index (χ0n) is 7.80. The maximum atomic E-state index is 9.82. The minimum absolute atomic E-state index is 0.565. The molecule has 15 heavy (non-hydrogen) atoms. The van der Waals surface area contributed by atoms with Crippen molar-refractivity contribution in [3.8, 4) is 0 Å². The van der Waals surface area contributed by atoms with Gasteiger partial charge in [-0.15, -0.1) is 0 Å². The van der Waals surface area contributed by atoms with E-state index in [4.69, 9.17) is 0 Å². The third kappa shape index (κ3) is 2.84. The summed E-state index contributed by atoms with van der Waals surface area (Å²) in [6, 6.07) is 7.88. The topological polar surface area (TPSA) is 46.0 Å². The summed E-state index contributed by atoms with van der Waals surface area (Å²) in [5, 5.41) is 9.82. The summed E-state index contributed by atoms with van der Waals surface area (Å²) in [6.45, 7) is 0. The number of hydrogen-bond donors (Lipinski definition) is 1. The van der Waals surface area contributed by atoms with Crippen LogP contribution in [0.5, 0.6) is 0 Å². The van der Waals surface area contributed by atoms with E-state index >= 15 is 0 Å². The van der Waals surface area contributed by atoms with Crippen molar-refractivity contribution in [2.45, 2.75) is 12.5 Å². The number of nitrogens with zero attached hydrogens (tertiary/aromatic N) is 2. The van der Waals surface area contributed by atoms with E-state index in [-0.39, 0.29) is 0 Å². The molecular weight excluding hydrogens is 276 g/mol. The highest BCUT2D eigenvalue weighted by Crippen LogP contribution is 2.18. The van der Waals surface area contributed by atoms with Crippen molar-refractivity contribution >= 4 is 27.7 Å². The number of aliphatic hydroxyl groups is 1. The molecule has 0 radical (unpaired) electrons. The summed E-state index contributed by atoms with van der Waals surface area (Å²) in [4.78, 5) is 0. The second-order valence-corrected chi connectivity index (χ2v) is 4.65. The van der Waals surface area contributed by atoms with Gasteiger partial charge in [0.25, 0.3) is 0 Å². The molecule has 0 amide bonds. The van der Waals surface area contributed by atoms with Gasteiger partial charge in [-0.05, 0) is 17.7 Å². The molecule has 78 valence electrons. The molecule has 5 heteroatoms. The second kappa shape index (κ2) is 4.83. The van der Waals surface area contributed by atoms with E-state index in [1.807, 2.05) is 24.3 Å². The lowest BCUT2D eigenvalue weighted by Gasteiger charge is -2.06. The van der Waals surface area contributed by atoms with Crippen LogP contribution in [0.3, 0.4) is 0 Å². The quantitative estimate of drug-likeness (QED) is 0.942. The van der Waals surface area contributed by atoms with E-state index in [2.05, 4.69) is 24.7 Å². The van der Waals surface area contributed by atoms with Gasteiger partial charge >= 0.3 is 0 Å². The molecule has 0 aliphatic heterocycles. The Morgan fingerprint density at radius 1 is 1.33 bits per heavy atom. The Labute approximate surface area is 100 Å². The van der Waals surface area contributed by atoms with E-state index in [0.717, 1.165) is 21.8 Å². The van der Waals surface area contributed by atoms with Crippen LogP contribution in [0, 0.1) is 0 Å². The summed E-state index contributed by atoms with van der Waals surface area (Å²) in [6.07, 6.45) is 1.61. The molecule has 1 aromatic heterocycles. The molecule has 0 fully saturated rings. The average Bonchev–Trinajstić information content (AvgIpc) is 2.74. The first-order valence-electron chi connectivity index (χ1n) is 4.45. The van der Waals surface area contributed by atoms with E-state index in [9.17, 15) is 5.11 Å². The highest BCUT2D eigenvalue weighted by atomic mass is 79.9. The fraction of sp³-hybridized carbons (Fsp3) is 0.200. The molecule has 0 spiro atoms. The Bertz CT molecular complexity index is 415. The number of hydrogen-bond acceptors (Lipinski definition) is 4. The summed E-state index contributed by atoms with van der Waals surface area (Å²) in [5.74, 6) is 0. The van der Waals surface area contributed by atoms with Crippen LogP contribution in [-0.2, 0) is 6.42 Å². The summed E-state index contributed by atoms with van der Waals surface area (Å²) < 4.78 is 8.90. The van der Waals surface area contributed by atoms with Crippen LogP contribution in [-0.4, -0.2) is 13.9 Å². The average molecular weight is 285 g/mol. The Balaban J connectivity index is 2.06. The molecule has 1 aromatic carbocycles. The predicted octanol–water partition coefficient (Wildman–Crippen LogP) is 2.58. The number of aromatic nitrogens is 2. The first-order chi connectivity index (χ1) is 7.25. The van der Waals surface area contributed by atoms with Gasteiger partial charge in [-0.1, -0.05) is 28.1 Å². The number of rotatable bonds is 3. The lowest BCUT2D eigenvalue weighted by Crippen LogP contribution is -2.01. The Morgan fingerprint density at radius 3 is 2.67 bits per heavy atom.